The first-order valence-electron chi connectivity index (χ1n) is 7.86. The topological polar surface area (TPSA) is 51.2 Å². The number of anilines is 1. The van der Waals surface area contributed by atoms with Crippen molar-refractivity contribution in [2.45, 2.75) is 5.75 Å². The van der Waals surface area contributed by atoms with E-state index in [1.54, 1.807) is 42.7 Å². The third kappa shape index (κ3) is 5.24. The van der Waals surface area contributed by atoms with Gasteiger partial charge in [0.15, 0.2) is 0 Å². The Hall–Kier alpha value is -2.02. The van der Waals surface area contributed by atoms with E-state index >= 15 is 0 Å². The van der Waals surface area contributed by atoms with E-state index in [0.717, 1.165) is 27.7 Å². The lowest BCUT2D eigenvalue weighted by Gasteiger charge is -2.04. The van der Waals surface area contributed by atoms with E-state index in [4.69, 9.17) is 16.3 Å². The van der Waals surface area contributed by atoms with Crippen LogP contribution in [-0.2, 0) is 10.5 Å². The number of nitrogens with zero attached hydrogens (tertiary/aromatic N) is 1. The van der Waals surface area contributed by atoms with Gasteiger partial charge in [0.05, 0.1) is 18.6 Å². The van der Waals surface area contributed by atoms with E-state index in [1.807, 2.05) is 29.6 Å². The van der Waals surface area contributed by atoms with E-state index < -0.39 is 0 Å². The number of aromatic nitrogens is 1. The number of thiazole rings is 1. The Kier molecular flexibility index (Phi) is 6.55. The summed E-state index contributed by atoms with van der Waals surface area (Å²) in [5, 5.41) is 6.49. The van der Waals surface area contributed by atoms with E-state index in [1.165, 1.54) is 11.8 Å². The summed E-state index contributed by atoms with van der Waals surface area (Å²) in [6.45, 7) is 0. The zero-order chi connectivity index (χ0) is 18.4. The molecule has 1 heterocycles. The highest BCUT2D eigenvalue weighted by atomic mass is 35.5. The van der Waals surface area contributed by atoms with Crippen LogP contribution in [0.4, 0.5) is 5.69 Å². The lowest BCUT2D eigenvalue weighted by atomic mass is 10.2. The third-order valence-corrected chi connectivity index (χ3v) is 5.66. The molecule has 134 valence electrons. The Labute approximate surface area is 165 Å². The van der Waals surface area contributed by atoms with Crippen molar-refractivity contribution in [2.75, 3.05) is 18.2 Å². The molecule has 0 radical (unpaired) electrons. The molecule has 7 heteroatoms. The second-order valence-electron chi connectivity index (χ2n) is 5.42. The maximum Gasteiger partial charge on any atom is 0.234 e. The first-order valence-corrected chi connectivity index (χ1v) is 10.3. The first kappa shape index (κ1) is 18.8. The molecule has 0 saturated carbocycles. The molecule has 0 aliphatic heterocycles. The van der Waals surface area contributed by atoms with Gasteiger partial charge in [-0.1, -0.05) is 11.6 Å². The minimum Gasteiger partial charge on any atom is -0.497 e. The summed E-state index contributed by atoms with van der Waals surface area (Å²) in [7, 11) is 1.65. The molecule has 0 saturated heterocycles. The number of nitrogens with one attached hydrogen (secondary N) is 1. The van der Waals surface area contributed by atoms with Crippen LogP contribution in [0.3, 0.4) is 0 Å². The Morgan fingerprint density at radius 1 is 1.19 bits per heavy atom. The molecule has 0 bridgehead atoms. The Balaban J connectivity index is 1.48. The normalized spacial score (nSPS) is 10.5. The summed E-state index contributed by atoms with van der Waals surface area (Å²) in [5.74, 6) is 1.86. The zero-order valence-corrected chi connectivity index (χ0v) is 16.5. The van der Waals surface area contributed by atoms with Gasteiger partial charge in [-0.3, -0.25) is 4.79 Å². The number of rotatable bonds is 7. The highest BCUT2D eigenvalue weighted by molar-refractivity contribution is 7.99. The molecule has 3 rings (SSSR count). The highest BCUT2D eigenvalue weighted by Crippen LogP contribution is 2.27. The predicted molar refractivity (Wildman–Crippen MR) is 110 cm³/mol. The van der Waals surface area contributed by atoms with Gasteiger partial charge in [-0.15, -0.1) is 23.1 Å². The monoisotopic (exact) mass is 404 g/mol. The van der Waals surface area contributed by atoms with E-state index in [9.17, 15) is 4.79 Å². The number of carbonyl (C=O) groups excluding carboxylic acids is 1. The molecule has 26 heavy (non-hydrogen) atoms. The number of hydrogen-bond acceptors (Lipinski definition) is 5. The minimum atomic E-state index is -0.0390. The van der Waals surface area contributed by atoms with Gasteiger partial charge in [-0.05, 0) is 48.5 Å². The standard InChI is InChI=1S/C19H17ClN2O2S2/c1-24-17-8-2-13(3-9-17)19-22-16(11-26-19)10-25-12-18(23)21-15-6-4-14(20)5-7-15/h2-9,11H,10,12H2,1H3,(H,21,23). The molecule has 1 amide bonds. The third-order valence-electron chi connectivity index (χ3n) is 3.50. The average molecular weight is 405 g/mol. The fourth-order valence-corrected chi connectivity index (χ4v) is 3.99. The van der Waals surface area contributed by atoms with Crippen LogP contribution in [0.25, 0.3) is 10.6 Å². The van der Waals surface area contributed by atoms with E-state index in [0.29, 0.717) is 16.5 Å². The van der Waals surface area contributed by atoms with Crippen molar-refractivity contribution >= 4 is 46.3 Å². The summed E-state index contributed by atoms with van der Waals surface area (Å²) in [6.07, 6.45) is 0. The highest BCUT2D eigenvalue weighted by Gasteiger charge is 2.07. The minimum absolute atomic E-state index is 0.0390. The molecule has 1 N–H and O–H groups in total. The smallest absolute Gasteiger partial charge is 0.234 e. The SMILES string of the molecule is COc1ccc(-c2nc(CSCC(=O)Nc3ccc(Cl)cc3)cs2)cc1. The van der Waals surface area contributed by atoms with Gasteiger partial charge in [-0.2, -0.15) is 0 Å². The molecule has 0 unspecified atom stereocenters. The summed E-state index contributed by atoms with van der Waals surface area (Å²) >= 11 is 8.97. The van der Waals surface area contributed by atoms with Crippen LogP contribution in [0.1, 0.15) is 5.69 Å². The largest absolute Gasteiger partial charge is 0.497 e. The van der Waals surface area contributed by atoms with Crippen molar-refractivity contribution in [3.8, 4) is 16.3 Å². The molecule has 0 atom stereocenters. The summed E-state index contributed by atoms with van der Waals surface area (Å²) < 4.78 is 5.17. The molecular weight excluding hydrogens is 388 g/mol. The average Bonchev–Trinajstić information content (AvgIpc) is 3.12. The number of ether oxygens (including phenoxy) is 1. The molecule has 3 aromatic rings. The summed E-state index contributed by atoms with van der Waals surface area (Å²) in [6, 6.07) is 14.9. The van der Waals surface area contributed by atoms with Crippen LogP contribution in [0.5, 0.6) is 5.75 Å². The molecule has 0 aliphatic carbocycles. The van der Waals surface area contributed by atoms with Crippen LogP contribution in [0.2, 0.25) is 5.02 Å². The number of benzene rings is 2. The van der Waals surface area contributed by atoms with Crippen molar-refractivity contribution < 1.29 is 9.53 Å². The number of carbonyl (C=O) groups is 1. The number of amides is 1. The fraction of sp³-hybridized carbons (Fsp3) is 0.158. The predicted octanol–water partition coefficient (Wildman–Crippen LogP) is 5.34. The van der Waals surface area contributed by atoms with Gasteiger partial charge < -0.3 is 10.1 Å². The molecule has 0 aliphatic rings. The van der Waals surface area contributed by atoms with Gasteiger partial charge in [0, 0.05) is 27.4 Å². The quantitative estimate of drug-likeness (QED) is 0.577. The molecule has 2 aromatic carbocycles. The van der Waals surface area contributed by atoms with E-state index in [-0.39, 0.29) is 5.91 Å². The van der Waals surface area contributed by atoms with Crippen LogP contribution >= 0.6 is 34.7 Å². The molecule has 0 spiro atoms. The van der Waals surface area contributed by atoms with Gasteiger partial charge in [0.25, 0.3) is 0 Å². The number of methoxy groups -OCH3 is 1. The zero-order valence-electron chi connectivity index (χ0n) is 14.1. The van der Waals surface area contributed by atoms with Gasteiger partial charge in [0.2, 0.25) is 5.91 Å². The maximum atomic E-state index is 12.0. The summed E-state index contributed by atoms with van der Waals surface area (Å²) in [4.78, 5) is 16.6. The van der Waals surface area contributed by atoms with Crippen molar-refractivity contribution in [3.63, 3.8) is 0 Å². The number of hydrogen-bond donors (Lipinski definition) is 1. The van der Waals surface area contributed by atoms with Crippen molar-refractivity contribution in [2.24, 2.45) is 0 Å². The number of halogens is 1. The lowest BCUT2D eigenvalue weighted by Crippen LogP contribution is -2.14. The molecule has 0 fully saturated rings. The second kappa shape index (κ2) is 9.07. The van der Waals surface area contributed by atoms with Crippen LogP contribution in [0.15, 0.2) is 53.9 Å². The second-order valence-corrected chi connectivity index (χ2v) is 7.70. The molecule has 4 nitrogen and oxygen atoms in total. The van der Waals surface area contributed by atoms with Crippen LogP contribution in [0, 0.1) is 0 Å². The maximum absolute atomic E-state index is 12.0. The molecular formula is C19H17ClN2O2S2. The van der Waals surface area contributed by atoms with Gasteiger partial charge >= 0.3 is 0 Å². The van der Waals surface area contributed by atoms with Crippen molar-refractivity contribution in [1.82, 2.24) is 4.98 Å². The molecule has 1 aromatic heterocycles. The van der Waals surface area contributed by atoms with Crippen LogP contribution in [-0.4, -0.2) is 23.8 Å². The Bertz CT molecular complexity index is 864. The van der Waals surface area contributed by atoms with Gasteiger partial charge in [-0.25, -0.2) is 4.98 Å². The Morgan fingerprint density at radius 2 is 1.92 bits per heavy atom. The van der Waals surface area contributed by atoms with E-state index in [2.05, 4.69) is 10.3 Å². The Morgan fingerprint density at radius 3 is 2.62 bits per heavy atom. The first-order chi connectivity index (χ1) is 12.6. The summed E-state index contributed by atoms with van der Waals surface area (Å²) in [5.41, 5.74) is 2.79. The van der Waals surface area contributed by atoms with Gasteiger partial charge in [0.1, 0.15) is 10.8 Å². The number of thioether (sulfide) groups is 1. The fourth-order valence-electron chi connectivity index (χ4n) is 2.22. The van der Waals surface area contributed by atoms with Crippen LogP contribution < -0.4 is 10.1 Å². The van der Waals surface area contributed by atoms with Crippen molar-refractivity contribution in [1.29, 1.82) is 0 Å². The van der Waals surface area contributed by atoms with Crippen molar-refractivity contribution in [3.05, 3.63) is 64.6 Å². The lowest BCUT2D eigenvalue weighted by molar-refractivity contribution is -0.113.